The predicted octanol–water partition coefficient (Wildman–Crippen LogP) is 3.69. The van der Waals surface area contributed by atoms with Crippen molar-refractivity contribution in [2.24, 2.45) is 5.41 Å². The minimum Gasteiger partial charge on any atom is -0.325 e. The van der Waals surface area contributed by atoms with Gasteiger partial charge < -0.3 is 5.32 Å². The largest absolute Gasteiger partial charge is 0.325 e. The lowest BCUT2D eigenvalue weighted by molar-refractivity contribution is -0.117. The molecule has 4 heteroatoms. The van der Waals surface area contributed by atoms with Gasteiger partial charge in [0.1, 0.15) is 0 Å². The zero-order valence-electron chi connectivity index (χ0n) is 9.79. The quantitative estimate of drug-likeness (QED) is 0.802. The minimum atomic E-state index is 0.0350. The van der Waals surface area contributed by atoms with Gasteiger partial charge in [-0.3, -0.25) is 4.79 Å². The van der Waals surface area contributed by atoms with E-state index in [1.165, 1.54) is 0 Å². The molecule has 1 aliphatic carbocycles. The average molecular weight is 270 g/mol. The van der Waals surface area contributed by atoms with Crippen molar-refractivity contribution >= 4 is 35.8 Å². The van der Waals surface area contributed by atoms with Crippen LogP contribution in [0.25, 0.3) is 0 Å². The third kappa shape index (κ3) is 2.96. The highest BCUT2D eigenvalue weighted by molar-refractivity contribution is 7.80. The summed E-state index contributed by atoms with van der Waals surface area (Å²) in [6, 6.07) is 5.60. The van der Waals surface area contributed by atoms with E-state index in [1.54, 1.807) is 6.07 Å². The van der Waals surface area contributed by atoms with Gasteiger partial charge in [-0.2, -0.15) is 12.6 Å². The fourth-order valence-corrected chi connectivity index (χ4v) is 2.58. The maximum absolute atomic E-state index is 11.9. The second-order valence-corrected chi connectivity index (χ2v) is 5.54. The van der Waals surface area contributed by atoms with Gasteiger partial charge in [0.2, 0.25) is 5.91 Å². The Balaban J connectivity index is 2.03. The van der Waals surface area contributed by atoms with Crippen LogP contribution in [0.5, 0.6) is 0 Å². The predicted molar refractivity (Wildman–Crippen MR) is 75.0 cm³/mol. The van der Waals surface area contributed by atoms with Crippen LogP contribution in [0, 0.1) is 12.3 Å². The molecule has 1 N–H and O–H groups in total. The van der Waals surface area contributed by atoms with E-state index in [9.17, 15) is 4.79 Å². The molecule has 1 aromatic rings. The van der Waals surface area contributed by atoms with Gasteiger partial charge in [-0.25, -0.2) is 0 Å². The van der Waals surface area contributed by atoms with Crippen molar-refractivity contribution in [1.82, 2.24) is 0 Å². The highest BCUT2D eigenvalue weighted by Crippen LogP contribution is 2.49. The first-order chi connectivity index (χ1) is 8.06. The van der Waals surface area contributed by atoms with E-state index >= 15 is 0 Å². The molecule has 0 aromatic heterocycles. The number of anilines is 1. The van der Waals surface area contributed by atoms with Gasteiger partial charge in [0.05, 0.1) is 10.7 Å². The number of rotatable bonds is 4. The Morgan fingerprint density at radius 1 is 1.53 bits per heavy atom. The summed E-state index contributed by atoms with van der Waals surface area (Å²) in [5.41, 5.74) is 1.86. The highest BCUT2D eigenvalue weighted by Gasteiger charge is 2.42. The molecule has 2 rings (SSSR count). The van der Waals surface area contributed by atoms with Crippen LogP contribution in [0.3, 0.4) is 0 Å². The van der Waals surface area contributed by atoms with E-state index in [1.807, 2.05) is 19.1 Å². The second-order valence-electron chi connectivity index (χ2n) is 4.81. The first-order valence-corrected chi connectivity index (χ1v) is 6.73. The van der Waals surface area contributed by atoms with Crippen molar-refractivity contribution in [1.29, 1.82) is 0 Å². The summed E-state index contributed by atoms with van der Waals surface area (Å²) in [6.45, 7) is 1.94. The first kappa shape index (κ1) is 12.8. The minimum absolute atomic E-state index is 0.0350. The molecule has 0 unspecified atom stereocenters. The standard InChI is InChI=1S/C13H16ClNOS/c1-9-3-2-4-10(14)12(9)15-11(16)7-13(8-17)5-6-13/h2-4,17H,5-8H2,1H3,(H,15,16). The topological polar surface area (TPSA) is 29.1 Å². The van der Waals surface area contributed by atoms with Crippen LogP contribution in [0.2, 0.25) is 5.02 Å². The van der Waals surface area contributed by atoms with Crippen LogP contribution in [-0.2, 0) is 4.79 Å². The van der Waals surface area contributed by atoms with Crippen molar-refractivity contribution in [3.8, 4) is 0 Å². The van der Waals surface area contributed by atoms with Gasteiger partial charge >= 0.3 is 0 Å². The van der Waals surface area contributed by atoms with E-state index < -0.39 is 0 Å². The maximum atomic E-state index is 11.9. The smallest absolute Gasteiger partial charge is 0.225 e. The Bertz CT molecular complexity index is 423. The molecule has 0 atom stereocenters. The average Bonchev–Trinajstić information content (AvgIpc) is 3.04. The summed E-state index contributed by atoms with van der Waals surface area (Å²) in [4.78, 5) is 11.9. The lowest BCUT2D eigenvalue weighted by Crippen LogP contribution is -2.19. The molecule has 1 aliphatic rings. The molecule has 92 valence electrons. The number of thiol groups is 1. The lowest BCUT2D eigenvalue weighted by atomic mass is 10.0. The number of carbonyl (C=O) groups excluding carboxylic acids is 1. The lowest BCUT2D eigenvalue weighted by Gasteiger charge is -2.14. The van der Waals surface area contributed by atoms with Gasteiger partial charge in [0.25, 0.3) is 0 Å². The van der Waals surface area contributed by atoms with Crippen LogP contribution >= 0.6 is 24.2 Å². The number of benzene rings is 1. The summed E-state index contributed by atoms with van der Waals surface area (Å²) in [7, 11) is 0. The summed E-state index contributed by atoms with van der Waals surface area (Å²) in [5.74, 6) is 0.815. The van der Waals surface area contributed by atoms with Gasteiger partial charge in [0, 0.05) is 6.42 Å². The molecule has 0 bridgehead atoms. The molecule has 0 saturated heterocycles. The summed E-state index contributed by atoms with van der Waals surface area (Å²) in [6.07, 6.45) is 2.75. The van der Waals surface area contributed by atoms with Crippen molar-refractivity contribution < 1.29 is 4.79 Å². The van der Waals surface area contributed by atoms with Gasteiger partial charge in [-0.15, -0.1) is 0 Å². The maximum Gasteiger partial charge on any atom is 0.225 e. The van der Waals surface area contributed by atoms with E-state index in [4.69, 9.17) is 11.6 Å². The van der Waals surface area contributed by atoms with Crippen molar-refractivity contribution in [3.05, 3.63) is 28.8 Å². The summed E-state index contributed by atoms with van der Waals surface area (Å²) < 4.78 is 0. The zero-order valence-corrected chi connectivity index (χ0v) is 11.4. The van der Waals surface area contributed by atoms with Crippen molar-refractivity contribution in [2.45, 2.75) is 26.2 Å². The van der Waals surface area contributed by atoms with Gasteiger partial charge in [-0.05, 0) is 42.6 Å². The Labute approximate surface area is 112 Å². The molecular weight excluding hydrogens is 254 g/mol. The Hall–Kier alpha value is -0.670. The Kier molecular flexibility index (Phi) is 3.69. The highest BCUT2D eigenvalue weighted by atomic mass is 35.5. The number of amides is 1. The second kappa shape index (κ2) is 4.91. The zero-order chi connectivity index (χ0) is 12.5. The molecule has 0 radical (unpaired) electrons. The molecular formula is C13H16ClNOS. The molecule has 1 aromatic carbocycles. The SMILES string of the molecule is Cc1cccc(Cl)c1NC(=O)CC1(CS)CC1. The molecule has 0 aliphatic heterocycles. The van der Waals surface area contributed by atoms with Gasteiger partial charge in [0.15, 0.2) is 0 Å². The third-order valence-corrected chi connectivity index (χ3v) is 4.30. The molecule has 1 saturated carbocycles. The van der Waals surface area contributed by atoms with Crippen molar-refractivity contribution in [2.75, 3.05) is 11.1 Å². The molecule has 17 heavy (non-hydrogen) atoms. The molecule has 0 spiro atoms. The van der Waals surface area contributed by atoms with Crippen LogP contribution in [-0.4, -0.2) is 11.7 Å². The fraction of sp³-hybridized carbons (Fsp3) is 0.462. The van der Waals surface area contributed by atoms with E-state index in [0.29, 0.717) is 11.4 Å². The van der Waals surface area contributed by atoms with E-state index in [2.05, 4.69) is 17.9 Å². The number of hydrogen-bond donors (Lipinski definition) is 2. The summed E-state index contributed by atoms with van der Waals surface area (Å²) >= 11 is 10.4. The third-order valence-electron chi connectivity index (χ3n) is 3.31. The van der Waals surface area contributed by atoms with E-state index in [0.717, 1.165) is 29.8 Å². The van der Waals surface area contributed by atoms with Crippen LogP contribution in [0.1, 0.15) is 24.8 Å². The van der Waals surface area contributed by atoms with Crippen LogP contribution in [0.4, 0.5) is 5.69 Å². The molecule has 1 amide bonds. The first-order valence-electron chi connectivity index (χ1n) is 5.72. The molecule has 2 nitrogen and oxygen atoms in total. The Morgan fingerprint density at radius 3 is 2.76 bits per heavy atom. The van der Waals surface area contributed by atoms with Crippen LogP contribution in [0.15, 0.2) is 18.2 Å². The van der Waals surface area contributed by atoms with Crippen molar-refractivity contribution in [3.63, 3.8) is 0 Å². The molecule has 1 fully saturated rings. The number of aryl methyl sites for hydroxylation is 1. The number of hydrogen-bond acceptors (Lipinski definition) is 2. The summed E-state index contributed by atoms with van der Waals surface area (Å²) in [5, 5.41) is 3.50. The number of carbonyl (C=O) groups is 1. The molecule has 0 heterocycles. The van der Waals surface area contributed by atoms with Gasteiger partial charge in [-0.1, -0.05) is 23.7 Å². The normalized spacial score (nSPS) is 16.6. The fourth-order valence-electron chi connectivity index (χ4n) is 1.88. The van der Waals surface area contributed by atoms with Crippen LogP contribution < -0.4 is 5.32 Å². The Morgan fingerprint density at radius 2 is 2.24 bits per heavy atom. The number of para-hydroxylation sites is 1. The van der Waals surface area contributed by atoms with E-state index in [-0.39, 0.29) is 11.3 Å². The number of nitrogens with one attached hydrogen (secondary N) is 1. The monoisotopic (exact) mass is 269 g/mol. The number of halogens is 1.